The van der Waals surface area contributed by atoms with Gasteiger partial charge in [0.1, 0.15) is 11.5 Å². The quantitative estimate of drug-likeness (QED) is 0.170. The first-order valence-corrected chi connectivity index (χ1v) is 10.4. The average molecular weight is 602 g/mol. The second kappa shape index (κ2) is 15.4. The number of allylic oxidation sites excluding steroid dienone is 1. The van der Waals surface area contributed by atoms with Crippen molar-refractivity contribution in [3.63, 3.8) is 0 Å². The Kier molecular flexibility index (Phi) is 14.1. The van der Waals surface area contributed by atoms with Gasteiger partial charge in [0.05, 0.1) is 37.0 Å². The van der Waals surface area contributed by atoms with Gasteiger partial charge in [-0.25, -0.2) is 9.97 Å². The van der Waals surface area contributed by atoms with Crippen LogP contribution in [0.15, 0.2) is 79.4 Å². The third-order valence-corrected chi connectivity index (χ3v) is 5.25. The molecular weight excluding hydrogens is 578 g/mol. The van der Waals surface area contributed by atoms with E-state index >= 15 is 0 Å². The molecule has 0 fully saturated rings. The summed E-state index contributed by atoms with van der Waals surface area (Å²) in [5.74, 6) is 1.14. The Labute approximate surface area is 245 Å². The van der Waals surface area contributed by atoms with Crippen molar-refractivity contribution < 1.29 is 74.0 Å². The van der Waals surface area contributed by atoms with Crippen LogP contribution in [-0.2, 0) is 23.5 Å². The number of rotatable bonds is 7. The fourth-order valence-electron chi connectivity index (χ4n) is 3.60. The molecule has 4 rings (SSSR count). The molecule has 0 aliphatic rings. The fourth-order valence-corrected chi connectivity index (χ4v) is 3.60. The van der Waals surface area contributed by atoms with Crippen LogP contribution in [0.4, 0.5) is 0 Å². The molecule has 4 aromatic rings. The van der Waals surface area contributed by atoms with Gasteiger partial charge in [0.15, 0.2) is 11.5 Å². The van der Waals surface area contributed by atoms with Gasteiger partial charge in [0, 0.05) is 11.1 Å². The van der Waals surface area contributed by atoms with Crippen molar-refractivity contribution in [2.75, 3.05) is 14.2 Å². The molecule has 37 heavy (non-hydrogen) atoms. The molecule has 194 valence electrons. The molecule has 0 saturated heterocycles. The summed E-state index contributed by atoms with van der Waals surface area (Å²) in [6, 6.07) is 19.7. The number of hydrogen-bond donors (Lipinski definition) is 2. The number of pyridine rings is 2. The van der Waals surface area contributed by atoms with Crippen LogP contribution in [0.1, 0.15) is 5.56 Å². The average Bonchev–Trinajstić information content (AvgIpc) is 2.85. The van der Waals surface area contributed by atoms with Gasteiger partial charge < -0.3 is 56.9 Å². The molecule has 0 amide bonds. The predicted molar refractivity (Wildman–Crippen MR) is 129 cm³/mol. The molecule has 0 unspecified atom stereocenters. The molecule has 0 aliphatic heterocycles. The van der Waals surface area contributed by atoms with Gasteiger partial charge in [-0.05, 0) is 66.6 Å². The number of aromatic hydroxyl groups is 2. The van der Waals surface area contributed by atoms with Gasteiger partial charge in [-0.1, -0.05) is 18.2 Å². The van der Waals surface area contributed by atoms with Crippen molar-refractivity contribution >= 4 is 0 Å². The number of hydrogen-bond acceptors (Lipinski definition) is 6. The van der Waals surface area contributed by atoms with Crippen LogP contribution in [0.25, 0.3) is 33.9 Å². The van der Waals surface area contributed by atoms with Gasteiger partial charge in [-0.15, -0.1) is 6.58 Å². The molecular formula is C27H24Cl3MnN2O4. The minimum absolute atomic E-state index is 0. The standard InChI is InChI=1S/C27H24N2O4.3ClH.Mn/c1-4-7-17-14-20(27(31)26(15-17)33-3)22-9-6-11-24(29-22)23-10-5-8-21(28-23)19-16-18(32-2)12-13-25(19)30;;;;/h4-6,8-16,30-31H,1,7H2,2-3H3;3*1H;/q;;;;+3/p-3. The molecule has 2 aromatic carbocycles. The van der Waals surface area contributed by atoms with Gasteiger partial charge in [0.25, 0.3) is 0 Å². The number of aromatic nitrogens is 2. The van der Waals surface area contributed by atoms with Crippen molar-refractivity contribution in [2.24, 2.45) is 0 Å². The van der Waals surface area contributed by atoms with E-state index in [1.165, 1.54) is 7.11 Å². The third kappa shape index (κ3) is 7.54. The molecule has 0 atom stereocenters. The monoisotopic (exact) mass is 600 g/mol. The van der Waals surface area contributed by atoms with E-state index in [0.717, 1.165) is 5.56 Å². The van der Waals surface area contributed by atoms with Gasteiger partial charge in [-0.2, -0.15) is 0 Å². The largest absolute Gasteiger partial charge is 3.00 e. The Bertz CT molecular complexity index is 1340. The summed E-state index contributed by atoms with van der Waals surface area (Å²) in [6.07, 6.45) is 2.43. The molecule has 2 aromatic heterocycles. The number of phenols is 2. The molecule has 0 bridgehead atoms. The molecule has 0 saturated carbocycles. The minimum Gasteiger partial charge on any atom is -1.00 e. The van der Waals surface area contributed by atoms with Crippen molar-refractivity contribution in [1.82, 2.24) is 9.97 Å². The second-order valence-corrected chi connectivity index (χ2v) is 7.39. The molecule has 6 nitrogen and oxygen atoms in total. The SMILES string of the molecule is C=CCc1cc(OC)c(O)c(-c2cccc(-c3cccc(-c4cc(OC)ccc4O)n3)n2)c1.[Cl-].[Cl-].[Cl-].[Mn+3]. The van der Waals surface area contributed by atoms with Crippen molar-refractivity contribution in [3.8, 4) is 56.9 Å². The van der Waals surface area contributed by atoms with Crippen LogP contribution in [-0.4, -0.2) is 34.4 Å². The van der Waals surface area contributed by atoms with E-state index in [9.17, 15) is 10.2 Å². The summed E-state index contributed by atoms with van der Waals surface area (Å²) in [4.78, 5) is 9.46. The number of phenolic OH excluding ortho intramolecular Hbond substituents is 2. The number of methoxy groups -OCH3 is 2. The molecule has 0 aliphatic carbocycles. The first kappa shape index (κ1) is 34.1. The molecule has 0 radical (unpaired) electrons. The van der Waals surface area contributed by atoms with E-state index in [1.807, 2.05) is 42.5 Å². The maximum Gasteiger partial charge on any atom is 3.00 e. The maximum absolute atomic E-state index is 10.7. The topological polar surface area (TPSA) is 84.7 Å². The zero-order valence-corrected chi connectivity index (χ0v) is 23.4. The van der Waals surface area contributed by atoms with Crippen molar-refractivity contribution in [2.45, 2.75) is 6.42 Å². The van der Waals surface area contributed by atoms with Gasteiger partial charge in [-0.3, -0.25) is 0 Å². The maximum atomic E-state index is 10.7. The van der Waals surface area contributed by atoms with E-state index in [0.29, 0.717) is 51.8 Å². The third-order valence-electron chi connectivity index (χ3n) is 5.25. The normalized spacial score (nSPS) is 9.46. The molecule has 2 N–H and O–H groups in total. The van der Waals surface area contributed by atoms with E-state index in [4.69, 9.17) is 19.4 Å². The number of benzene rings is 2. The summed E-state index contributed by atoms with van der Waals surface area (Å²) in [6.45, 7) is 3.79. The minimum atomic E-state index is 0. The van der Waals surface area contributed by atoms with Crippen LogP contribution >= 0.6 is 0 Å². The Morgan fingerprint density at radius 2 is 1.32 bits per heavy atom. The molecule has 10 heteroatoms. The summed E-state index contributed by atoms with van der Waals surface area (Å²) < 4.78 is 10.6. The smallest absolute Gasteiger partial charge is 1.00 e. The number of halogens is 3. The summed E-state index contributed by atoms with van der Waals surface area (Å²) in [5.41, 5.74) is 4.52. The Morgan fingerprint density at radius 1 is 0.757 bits per heavy atom. The van der Waals surface area contributed by atoms with Crippen LogP contribution in [0, 0.1) is 0 Å². The van der Waals surface area contributed by atoms with E-state index in [1.54, 1.807) is 37.5 Å². The number of nitrogens with zero attached hydrogens (tertiary/aromatic N) is 2. The first-order valence-electron chi connectivity index (χ1n) is 10.4. The summed E-state index contributed by atoms with van der Waals surface area (Å²) in [7, 11) is 3.09. The number of ether oxygens (including phenoxy) is 2. The first-order chi connectivity index (χ1) is 16.0. The van der Waals surface area contributed by atoms with E-state index < -0.39 is 0 Å². The Hall–Kier alpha value is -2.93. The summed E-state index contributed by atoms with van der Waals surface area (Å²) in [5, 5.41) is 21.1. The van der Waals surface area contributed by atoms with Crippen LogP contribution in [0.2, 0.25) is 0 Å². The zero-order valence-electron chi connectivity index (χ0n) is 20.0. The van der Waals surface area contributed by atoms with Crippen LogP contribution < -0.4 is 46.7 Å². The van der Waals surface area contributed by atoms with Gasteiger partial charge in [0.2, 0.25) is 0 Å². The Balaban J connectivity index is 0.00000324. The summed E-state index contributed by atoms with van der Waals surface area (Å²) >= 11 is 0. The molecule has 2 heterocycles. The second-order valence-electron chi connectivity index (χ2n) is 7.39. The Morgan fingerprint density at radius 3 is 1.86 bits per heavy atom. The van der Waals surface area contributed by atoms with Crippen molar-refractivity contribution in [1.29, 1.82) is 0 Å². The zero-order chi connectivity index (χ0) is 23.4. The predicted octanol–water partition coefficient (Wildman–Crippen LogP) is -3.36. The van der Waals surface area contributed by atoms with Crippen LogP contribution in [0.5, 0.6) is 23.0 Å². The van der Waals surface area contributed by atoms with Crippen LogP contribution in [0.3, 0.4) is 0 Å². The molecule has 0 spiro atoms. The fraction of sp³-hybridized carbons (Fsp3) is 0.111. The van der Waals surface area contributed by atoms with Gasteiger partial charge >= 0.3 is 17.1 Å². The van der Waals surface area contributed by atoms with E-state index in [2.05, 4.69) is 6.58 Å². The van der Waals surface area contributed by atoms with E-state index in [-0.39, 0.29) is 65.8 Å². The van der Waals surface area contributed by atoms with Crippen molar-refractivity contribution in [3.05, 3.63) is 84.9 Å².